The van der Waals surface area contributed by atoms with Crippen molar-refractivity contribution in [3.05, 3.63) is 12.7 Å². The summed E-state index contributed by atoms with van der Waals surface area (Å²) in [4.78, 5) is 11.2. The molecule has 0 bridgehead atoms. The number of rotatable bonds is 11. The van der Waals surface area contributed by atoms with Gasteiger partial charge in [-0.2, -0.15) is 0 Å². The summed E-state index contributed by atoms with van der Waals surface area (Å²) in [5.74, 6) is 4.28. The van der Waals surface area contributed by atoms with E-state index in [1.165, 1.54) is 96.0 Å². The van der Waals surface area contributed by atoms with Gasteiger partial charge in [0.1, 0.15) is 0 Å². The molecule has 0 N–H and O–H groups in total. The Labute approximate surface area is 157 Å². The fraction of sp³-hybridized carbons (Fsp3) is 0.875. The van der Waals surface area contributed by atoms with E-state index in [0.29, 0.717) is 6.42 Å². The van der Waals surface area contributed by atoms with Crippen LogP contribution in [0, 0.1) is 23.7 Å². The van der Waals surface area contributed by atoms with Gasteiger partial charge >= 0.3 is 0 Å². The summed E-state index contributed by atoms with van der Waals surface area (Å²) < 4.78 is 0. The van der Waals surface area contributed by atoms with E-state index in [-0.39, 0.29) is 5.78 Å². The third-order valence-electron chi connectivity index (χ3n) is 7.13. The summed E-state index contributed by atoms with van der Waals surface area (Å²) in [5.41, 5.74) is 0. The van der Waals surface area contributed by atoms with Gasteiger partial charge in [-0.25, -0.2) is 0 Å². The summed E-state index contributed by atoms with van der Waals surface area (Å²) in [6, 6.07) is 0. The summed E-state index contributed by atoms with van der Waals surface area (Å²) in [7, 11) is 0. The molecular weight excluding hydrogens is 304 g/mol. The van der Waals surface area contributed by atoms with Gasteiger partial charge in [-0.3, -0.25) is 4.79 Å². The van der Waals surface area contributed by atoms with Crippen LogP contribution in [-0.2, 0) is 4.79 Å². The lowest BCUT2D eigenvalue weighted by molar-refractivity contribution is -0.114. The lowest BCUT2D eigenvalue weighted by Gasteiger charge is -2.32. The lowest BCUT2D eigenvalue weighted by Crippen LogP contribution is -2.18. The molecule has 144 valence electrons. The number of allylic oxidation sites excluding steroid dienone is 1. The average molecular weight is 347 g/mol. The van der Waals surface area contributed by atoms with Gasteiger partial charge in [-0.05, 0) is 36.2 Å². The van der Waals surface area contributed by atoms with Gasteiger partial charge in [0.25, 0.3) is 0 Å². The molecule has 1 heteroatoms. The Morgan fingerprint density at radius 2 is 1.20 bits per heavy atom. The van der Waals surface area contributed by atoms with Crippen molar-refractivity contribution in [2.45, 2.75) is 110 Å². The molecule has 0 atom stereocenters. The van der Waals surface area contributed by atoms with Crippen LogP contribution in [0.25, 0.3) is 0 Å². The Morgan fingerprint density at radius 3 is 1.64 bits per heavy atom. The van der Waals surface area contributed by atoms with Crippen LogP contribution in [0.1, 0.15) is 110 Å². The fourth-order valence-electron chi connectivity index (χ4n) is 5.33. The van der Waals surface area contributed by atoms with Crippen LogP contribution in [0.3, 0.4) is 0 Å². The maximum Gasteiger partial charge on any atom is 0.155 e. The summed E-state index contributed by atoms with van der Waals surface area (Å²) >= 11 is 0. The van der Waals surface area contributed by atoms with E-state index in [1.807, 2.05) is 0 Å². The molecule has 0 spiro atoms. The first-order chi connectivity index (χ1) is 12.2. The SMILES string of the molecule is C=CC(=O)CCCCC1CCC(CCC2CCC(CCC)CC2)CC1. The van der Waals surface area contributed by atoms with Crippen molar-refractivity contribution in [2.24, 2.45) is 23.7 Å². The second kappa shape index (κ2) is 11.9. The molecule has 0 unspecified atom stereocenters. The third kappa shape index (κ3) is 8.09. The van der Waals surface area contributed by atoms with E-state index >= 15 is 0 Å². The molecule has 1 nitrogen and oxygen atoms in total. The van der Waals surface area contributed by atoms with Crippen molar-refractivity contribution in [3.8, 4) is 0 Å². The Morgan fingerprint density at radius 1 is 0.760 bits per heavy atom. The minimum atomic E-state index is 0.215. The first-order valence-electron chi connectivity index (χ1n) is 11.4. The van der Waals surface area contributed by atoms with Gasteiger partial charge in [0.15, 0.2) is 5.78 Å². The summed E-state index contributed by atoms with van der Waals surface area (Å²) in [6.45, 7) is 5.89. The molecule has 0 aromatic heterocycles. The monoisotopic (exact) mass is 346 g/mol. The highest BCUT2D eigenvalue weighted by Gasteiger charge is 2.24. The molecule has 2 saturated carbocycles. The van der Waals surface area contributed by atoms with Crippen LogP contribution < -0.4 is 0 Å². The molecule has 2 aliphatic rings. The Kier molecular flexibility index (Phi) is 9.88. The number of ketones is 1. The van der Waals surface area contributed by atoms with E-state index in [1.54, 1.807) is 0 Å². The summed E-state index contributed by atoms with van der Waals surface area (Å²) in [5, 5.41) is 0. The molecule has 25 heavy (non-hydrogen) atoms. The quantitative estimate of drug-likeness (QED) is 0.280. The van der Waals surface area contributed by atoms with E-state index in [2.05, 4.69) is 13.5 Å². The van der Waals surface area contributed by atoms with Gasteiger partial charge in [-0.15, -0.1) is 0 Å². The number of unbranched alkanes of at least 4 members (excludes halogenated alkanes) is 1. The van der Waals surface area contributed by atoms with Gasteiger partial charge in [0, 0.05) is 6.42 Å². The van der Waals surface area contributed by atoms with Crippen molar-refractivity contribution in [1.82, 2.24) is 0 Å². The van der Waals surface area contributed by atoms with Crippen LogP contribution in [0.5, 0.6) is 0 Å². The number of hydrogen-bond acceptors (Lipinski definition) is 1. The van der Waals surface area contributed by atoms with Crippen molar-refractivity contribution < 1.29 is 4.79 Å². The molecule has 2 rings (SSSR count). The second-order valence-electron chi connectivity index (χ2n) is 9.06. The number of carbonyl (C=O) groups excluding carboxylic acids is 1. The Balaban J connectivity index is 1.50. The highest BCUT2D eigenvalue weighted by molar-refractivity contribution is 5.88. The zero-order valence-electron chi connectivity index (χ0n) is 16.8. The largest absolute Gasteiger partial charge is 0.295 e. The van der Waals surface area contributed by atoms with Gasteiger partial charge in [0.2, 0.25) is 0 Å². The Bertz CT molecular complexity index is 370. The normalized spacial score (nSPS) is 30.1. The molecule has 0 aliphatic heterocycles. The van der Waals surface area contributed by atoms with Crippen LogP contribution in [0.2, 0.25) is 0 Å². The first-order valence-corrected chi connectivity index (χ1v) is 11.4. The lowest BCUT2D eigenvalue weighted by atomic mass is 9.74. The molecule has 2 fully saturated rings. The minimum absolute atomic E-state index is 0.215. The van der Waals surface area contributed by atoms with E-state index in [4.69, 9.17) is 0 Å². The second-order valence-corrected chi connectivity index (χ2v) is 9.06. The topological polar surface area (TPSA) is 17.1 Å². The molecule has 0 saturated heterocycles. The van der Waals surface area contributed by atoms with Crippen molar-refractivity contribution in [2.75, 3.05) is 0 Å². The van der Waals surface area contributed by atoms with Crippen LogP contribution in [0.4, 0.5) is 0 Å². The van der Waals surface area contributed by atoms with Crippen molar-refractivity contribution in [1.29, 1.82) is 0 Å². The third-order valence-corrected chi connectivity index (χ3v) is 7.13. The highest BCUT2D eigenvalue weighted by Crippen LogP contribution is 2.38. The van der Waals surface area contributed by atoms with Crippen LogP contribution in [-0.4, -0.2) is 5.78 Å². The Hall–Kier alpha value is -0.590. The molecular formula is C24H42O. The van der Waals surface area contributed by atoms with E-state index in [9.17, 15) is 4.79 Å². The highest BCUT2D eigenvalue weighted by atomic mass is 16.1. The maximum atomic E-state index is 11.2. The zero-order chi connectivity index (χ0) is 17.9. The summed E-state index contributed by atoms with van der Waals surface area (Å²) in [6.07, 6.45) is 23.6. The van der Waals surface area contributed by atoms with Crippen molar-refractivity contribution in [3.63, 3.8) is 0 Å². The number of carbonyl (C=O) groups is 1. The zero-order valence-corrected chi connectivity index (χ0v) is 16.8. The van der Waals surface area contributed by atoms with Gasteiger partial charge in [0.05, 0.1) is 0 Å². The smallest absolute Gasteiger partial charge is 0.155 e. The number of hydrogen-bond donors (Lipinski definition) is 0. The molecule has 0 aromatic carbocycles. The van der Waals surface area contributed by atoms with E-state index < -0.39 is 0 Å². The van der Waals surface area contributed by atoms with Gasteiger partial charge < -0.3 is 0 Å². The predicted molar refractivity (Wildman–Crippen MR) is 109 cm³/mol. The maximum absolute atomic E-state index is 11.2. The average Bonchev–Trinajstić information content (AvgIpc) is 2.65. The molecule has 2 aliphatic carbocycles. The van der Waals surface area contributed by atoms with Crippen LogP contribution in [0.15, 0.2) is 12.7 Å². The molecule has 0 amide bonds. The van der Waals surface area contributed by atoms with Crippen LogP contribution >= 0.6 is 0 Å². The minimum Gasteiger partial charge on any atom is -0.295 e. The predicted octanol–water partition coefficient (Wildman–Crippen LogP) is 7.50. The standard InChI is InChI=1S/C24H42O/c1-3-7-20-10-14-22(15-11-20)18-19-23-16-12-21(13-17-23)8-5-6-9-24(25)4-2/h4,20-23H,2-3,5-19H2,1H3. The first kappa shape index (κ1) is 20.7. The molecule has 0 radical (unpaired) electrons. The van der Waals surface area contributed by atoms with Gasteiger partial charge in [-0.1, -0.05) is 103 Å². The fourth-order valence-corrected chi connectivity index (χ4v) is 5.33. The molecule has 0 heterocycles. The van der Waals surface area contributed by atoms with Crippen molar-refractivity contribution >= 4 is 5.78 Å². The van der Waals surface area contributed by atoms with E-state index in [0.717, 1.165) is 30.1 Å². The molecule has 0 aromatic rings.